The zero-order valence-electron chi connectivity index (χ0n) is 16.5. The zero-order valence-corrected chi connectivity index (χ0v) is 16.5. The largest absolute Gasteiger partial charge is 0.383 e. The van der Waals surface area contributed by atoms with Gasteiger partial charge in [-0.05, 0) is 36.8 Å². The van der Waals surface area contributed by atoms with E-state index in [0.29, 0.717) is 19.3 Å². The predicted octanol–water partition coefficient (Wildman–Crippen LogP) is 4.67. The number of nitrogen functional groups attached to an aromatic ring is 1. The Morgan fingerprint density at radius 1 is 1.09 bits per heavy atom. The van der Waals surface area contributed by atoms with Gasteiger partial charge in [0.1, 0.15) is 5.82 Å². The van der Waals surface area contributed by atoms with Crippen LogP contribution in [0.15, 0.2) is 29.3 Å². The number of nitrogens with two attached hydrogens (primary N) is 1. The van der Waals surface area contributed by atoms with Crippen LogP contribution in [0.25, 0.3) is 22.2 Å². The van der Waals surface area contributed by atoms with Crippen LogP contribution in [-0.2, 0) is 11.3 Å². The molecule has 2 aromatic heterocycles. The molecule has 3 aromatic rings. The van der Waals surface area contributed by atoms with Gasteiger partial charge in [-0.15, -0.1) is 0 Å². The van der Waals surface area contributed by atoms with Crippen LogP contribution in [0.2, 0.25) is 0 Å². The molecule has 0 amide bonds. The Labute approximate surface area is 177 Å². The highest BCUT2D eigenvalue weighted by Gasteiger charge is 2.21. The summed E-state index contributed by atoms with van der Waals surface area (Å²) in [5.41, 5.74) is 3.60. The molecular weight excluding hydrogens is 442 g/mol. The highest BCUT2D eigenvalue weighted by molar-refractivity contribution is 5.86. The van der Waals surface area contributed by atoms with Gasteiger partial charge in [-0.3, -0.25) is 4.79 Å². The lowest BCUT2D eigenvalue weighted by Crippen LogP contribution is -2.21. The van der Waals surface area contributed by atoms with E-state index in [1.54, 1.807) is 0 Å². The summed E-state index contributed by atoms with van der Waals surface area (Å²) in [7, 11) is 0. The third kappa shape index (κ3) is 5.01. The molecule has 2 heterocycles. The van der Waals surface area contributed by atoms with Crippen LogP contribution in [0.4, 0.5) is 32.2 Å². The average Bonchev–Trinajstić information content (AvgIpc) is 2.73. The highest BCUT2D eigenvalue weighted by Crippen LogP contribution is 2.30. The molecule has 0 aliphatic carbocycles. The molecule has 0 saturated carbocycles. The van der Waals surface area contributed by atoms with E-state index in [1.165, 1.54) is 16.8 Å². The van der Waals surface area contributed by atoms with E-state index in [0.717, 1.165) is 12.3 Å². The summed E-state index contributed by atoms with van der Waals surface area (Å²) < 4.78 is 84.2. The number of pyridine rings is 1. The first-order valence-electron chi connectivity index (χ1n) is 9.52. The lowest BCUT2D eigenvalue weighted by molar-refractivity contribution is -0.129. The van der Waals surface area contributed by atoms with Crippen LogP contribution in [0.1, 0.15) is 31.3 Å². The van der Waals surface area contributed by atoms with Gasteiger partial charge in [-0.2, -0.15) is 8.78 Å². The summed E-state index contributed by atoms with van der Waals surface area (Å²) in [4.78, 5) is 19.9. The molecule has 0 aliphatic rings. The normalized spacial score (nSPS) is 11.8. The number of unbranched alkanes of at least 4 members (excludes halogenated alkanes) is 2. The molecule has 0 aliphatic heterocycles. The maximum absolute atomic E-state index is 14.8. The van der Waals surface area contributed by atoms with Crippen molar-refractivity contribution in [1.82, 2.24) is 14.5 Å². The molecule has 0 saturated heterocycles. The minimum absolute atomic E-state index is 0.0607. The molecule has 3 rings (SSSR count). The van der Waals surface area contributed by atoms with Gasteiger partial charge in [0.05, 0.1) is 23.1 Å². The summed E-state index contributed by atoms with van der Waals surface area (Å²) in [6.45, 7) is -2.80. The van der Waals surface area contributed by atoms with Gasteiger partial charge >= 0.3 is 6.61 Å². The molecule has 2 N–H and O–H groups in total. The van der Waals surface area contributed by atoms with Gasteiger partial charge in [-0.25, -0.2) is 27.5 Å². The van der Waals surface area contributed by atoms with Gasteiger partial charge in [0.2, 0.25) is 0 Å². The molecule has 1 aromatic carbocycles. The summed E-state index contributed by atoms with van der Waals surface area (Å²) in [5, 5.41) is -0.433. The number of anilines is 1. The number of halogens is 6. The van der Waals surface area contributed by atoms with Crippen molar-refractivity contribution >= 4 is 16.6 Å². The lowest BCUT2D eigenvalue weighted by Gasteiger charge is -2.11. The molecule has 0 bridgehead atoms. The molecule has 172 valence electrons. The van der Waals surface area contributed by atoms with E-state index < -0.39 is 58.4 Å². The second-order valence-corrected chi connectivity index (χ2v) is 6.86. The number of hydrogen-bond donors (Lipinski definition) is 1. The Hall–Kier alpha value is -3.15. The number of benzene rings is 1. The standard InChI is InChI=1S/C20H18F6N4O2/c21-14-11(18-28-9-12(16(23)24)17(27)29-18)8-10-4-6-30(19(31)13(10)15(14)22)5-2-1-3-7-32-20(25)26/h4,6,8-9,16,20H,1-3,5,7H2,(H2,27,28,29). The summed E-state index contributed by atoms with van der Waals surface area (Å²) >= 11 is 0. The van der Waals surface area contributed by atoms with Gasteiger partial charge in [0.25, 0.3) is 12.0 Å². The Kier molecular flexibility index (Phi) is 7.33. The van der Waals surface area contributed by atoms with Crippen LogP contribution in [0.3, 0.4) is 0 Å². The van der Waals surface area contributed by atoms with Crippen LogP contribution in [0, 0.1) is 11.6 Å². The number of aromatic nitrogens is 3. The van der Waals surface area contributed by atoms with E-state index in [-0.39, 0.29) is 18.5 Å². The topological polar surface area (TPSA) is 83.0 Å². The second-order valence-electron chi connectivity index (χ2n) is 6.86. The van der Waals surface area contributed by atoms with E-state index in [9.17, 15) is 31.1 Å². The number of fused-ring (bicyclic) bond motifs is 1. The molecule has 32 heavy (non-hydrogen) atoms. The first kappa shape index (κ1) is 23.5. The zero-order chi connectivity index (χ0) is 23.4. The fourth-order valence-electron chi connectivity index (χ4n) is 3.15. The maximum atomic E-state index is 14.8. The Bertz CT molecular complexity index is 1170. The number of alkyl halides is 4. The molecule has 0 atom stereocenters. The molecule has 0 radical (unpaired) electrons. The van der Waals surface area contributed by atoms with Crippen LogP contribution < -0.4 is 11.3 Å². The summed E-state index contributed by atoms with van der Waals surface area (Å²) in [5.74, 6) is -3.82. The second kappa shape index (κ2) is 9.98. The molecule has 6 nitrogen and oxygen atoms in total. The predicted molar refractivity (Wildman–Crippen MR) is 104 cm³/mol. The minimum atomic E-state index is -2.93. The van der Waals surface area contributed by atoms with E-state index in [2.05, 4.69) is 14.7 Å². The van der Waals surface area contributed by atoms with Crippen molar-refractivity contribution in [3.63, 3.8) is 0 Å². The third-order valence-electron chi connectivity index (χ3n) is 4.76. The lowest BCUT2D eigenvalue weighted by atomic mass is 10.1. The summed E-state index contributed by atoms with van der Waals surface area (Å²) in [6, 6.07) is 2.53. The first-order chi connectivity index (χ1) is 15.2. The minimum Gasteiger partial charge on any atom is -0.383 e. The number of hydrogen-bond acceptors (Lipinski definition) is 5. The number of nitrogens with zero attached hydrogens (tertiary/aromatic N) is 3. The maximum Gasteiger partial charge on any atom is 0.345 e. The smallest absolute Gasteiger partial charge is 0.345 e. The van der Waals surface area contributed by atoms with Gasteiger partial charge in [-0.1, -0.05) is 0 Å². The monoisotopic (exact) mass is 460 g/mol. The third-order valence-corrected chi connectivity index (χ3v) is 4.76. The molecule has 0 fully saturated rings. The van der Waals surface area contributed by atoms with Gasteiger partial charge in [0.15, 0.2) is 17.5 Å². The van der Waals surface area contributed by atoms with Crippen molar-refractivity contribution in [2.75, 3.05) is 12.3 Å². The van der Waals surface area contributed by atoms with Crippen molar-refractivity contribution in [3.8, 4) is 11.4 Å². The average molecular weight is 460 g/mol. The van der Waals surface area contributed by atoms with Crippen molar-refractivity contribution in [2.24, 2.45) is 0 Å². The first-order valence-corrected chi connectivity index (χ1v) is 9.52. The number of ether oxygens (including phenoxy) is 1. The Morgan fingerprint density at radius 2 is 1.84 bits per heavy atom. The quantitative estimate of drug-likeness (QED) is 0.371. The van der Waals surface area contributed by atoms with Gasteiger partial charge < -0.3 is 15.0 Å². The van der Waals surface area contributed by atoms with Crippen molar-refractivity contribution in [2.45, 2.75) is 38.8 Å². The highest BCUT2D eigenvalue weighted by atomic mass is 19.3. The molecule has 0 spiro atoms. The molecular formula is C20H18F6N4O2. The fourth-order valence-corrected chi connectivity index (χ4v) is 3.15. The van der Waals surface area contributed by atoms with Crippen LogP contribution in [-0.4, -0.2) is 27.8 Å². The SMILES string of the molecule is Nc1nc(-c2cc3ccn(CCCCCOC(F)F)c(=O)c3c(F)c2F)ncc1C(F)F. The Balaban J connectivity index is 1.87. The summed E-state index contributed by atoms with van der Waals surface area (Å²) in [6.07, 6.45) is 0.457. The van der Waals surface area contributed by atoms with Crippen LogP contribution in [0.5, 0.6) is 0 Å². The molecule has 0 unspecified atom stereocenters. The number of aryl methyl sites for hydroxylation is 1. The number of rotatable bonds is 9. The van der Waals surface area contributed by atoms with E-state index >= 15 is 0 Å². The van der Waals surface area contributed by atoms with Gasteiger partial charge in [0, 0.05) is 18.9 Å². The Morgan fingerprint density at radius 3 is 2.50 bits per heavy atom. The van der Waals surface area contributed by atoms with E-state index in [4.69, 9.17) is 5.73 Å². The van der Waals surface area contributed by atoms with Crippen molar-refractivity contribution < 1.29 is 31.1 Å². The van der Waals surface area contributed by atoms with Crippen molar-refractivity contribution in [1.29, 1.82) is 0 Å². The molecule has 12 heteroatoms. The van der Waals surface area contributed by atoms with Crippen molar-refractivity contribution in [3.05, 3.63) is 52.1 Å². The van der Waals surface area contributed by atoms with E-state index in [1.807, 2.05) is 0 Å². The van der Waals surface area contributed by atoms with Crippen LogP contribution >= 0.6 is 0 Å². The fraction of sp³-hybridized carbons (Fsp3) is 0.350.